The molecule has 2 unspecified atom stereocenters. The van der Waals surface area contributed by atoms with E-state index in [4.69, 9.17) is 31.8 Å². The molecule has 0 saturated heterocycles. The summed E-state index contributed by atoms with van der Waals surface area (Å²) in [6.07, 6.45) is 1.56. The Kier molecular flexibility index (Phi) is 10.3. The zero-order chi connectivity index (χ0) is 29.8. The second kappa shape index (κ2) is 12.9. The fourth-order valence-corrected chi connectivity index (χ4v) is 5.88. The van der Waals surface area contributed by atoms with Crippen molar-refractivity contribution >= 4 is 59.0 Å². The van der Waals surface area contributed by atoms with Crippen LogP contribution in [-0.4, -0.2) is 35.8 Å². The zero-order valence-electron chi connectivity index (χ0n) is 23.3. The quantitative estimate of drug-likeness (QED) is 0.145. The highest BCUT2D eigenvalue weighted by Gasteiger charge is 2.32. The summed E-state index contributed by atoms with van der Waals surface area (Å²) in [5, 5.41) is 14.7. The molecule has 0 aliphatic heterocycles. The van der Waals surface area contributed by atoms with E-state index >= 15 is 0 Å². The first-order chi connectivity index (χ1) is 18.6. The summed E-state index contributed by atoms with van der Waals surface area (Å²) < 4.78 is 36.0. The van der Waals surface area contributed by atoms with Gasteiger partial charge in [-0.25, -0.2) is 0 Å². The average molecular weight is 621 g/mol. The van der Waals surface area contributed by atoms with Gasteiger partial charge in [0.15, 0.2) is 5.75 Å². The number of benzene rings is 3. The van der Waals surface area contributed by atoms with Crippen LogP contribution in [0, 0.1) is 16.7 Å². The lowest BCUT2D eigenvalue weighted by molar-refractivity contribution is 0.0759. The maximum absolute atomic E-state index is 14.1. The number of carbonyl (C=O) groups is 1. The van der Waals surface area contributed by atoms with E-state index in [1.54, 1.807) is 36.4 Å². The van der Waals surface area contributed by atoms with Crippen LogP contribution in [0.25, 0.3) is 10.8 Å². The van der Waals surface area contributed by atoms with Crippen molar-refractivity contribution in [3.8, 4) is 11.8 Å². The van der Waals surface area contributed by atoms with E-state index in [1.807, 2.05) is 25.2 Å². The van der Waals surface area contributed by atoms with E-state index in [9.17, 15) is 18.5 Å². The molecule has 11 heteroatoms. The van der Waals surface area contributed by atoms with Gasteiger partial charge < -0.3 is 13.9 Å². The van der Waals surface area contributed by atoms with E-state index in [2.05, 4.69) is 26.1 Å². The lowest BCUT2D eigenvalue weighted by Gasteiger charge is -2.32. The molecule has 40 heavy (non-hydrogen) atoms. The van der Waals surface area contributed by atoms with Gasteiger partial charge in [0.25, 0.3) is 5.91 Å². The number of nitriles is 1. The fraction of sp³-hybridized carbons (Fsp3) is 0.379. The highest BCUT2D eigenvalue weighted by Crippen LogP contribution is 2.37. The van der Waals surface area contributed by atoms with E-state index in [1.165, 1.54) is 6.07 Å². The third-order valence-corrected chi connectivity index (χ3v) is 8.10. The number of halogens is 2. The molecule has 0 heterocycles. The lowest BCUT2D eigenvalue weighted by Crippen LogP contribution is -2.44. The highest BCUT2D eigenvalue weighted by molar-refractivity contribution is 7.86. The molecule has 0 saturated carbocycles. The van der Waals surface area contributed by atoms with Crippen LogP contribution in [0.15, 0.2) is 48.5 Å². The summed E-state index contributed by atoms with van der Waals surface area (Å²) in [5.74, 6) is -1.25. The lowest BCUT2D eigenvalue weighted by atomic mass is 9.83. The van der Waals surface area contributed by atoms with Crippen LogP contribution in [-0.2, 0) is 14.5 Å². The Morgan fingerprint density at radius 2 is 1.77 bits per heavy atom. The van der Waals surface area contributed by atoms with Crippen molar-refractivity contribution in [2.75, 3.05) is 6.26 Å². The maximum atomic E-state index is 14.1. The largest absolute Gasteiger partial charge is 0.397 e. The Labute approximate surface area is 248 Å². The molecule has 0 aliphatic rings. The van der Waals surface area contributed by atoms with E-state index in [0.717, 1.165) is 18.2 Å². The topological polar surface area (TPSA) is 105 Å². The molecular weight excluding hydrogens is 587 g/mol. The molecule has 1 N–H and O–H groups in total. The summed E-state index contributed by atoms with van der Waals surface area (Å²) in [6, 6.07) is 15.7. The van der Waals surface area contributed by atoms with Crippen molar-refractivity contribution in [2.45, 2.75) is 58.9 Å². The summed E-state index contributed by atoms with van der Waals surface area (Å²) >= 11 is 12.6. The number of nitrogens with zero attached hydrogens (tertiary/aromatic N) is 1. The van der Waals surface area contributed by atoms with Crippen LogP contribution >= 0.6 is 23.2 Å². The summed E-state index contributed by atoms with van der Waals surface area (Å²) in [5.41, 5.74) is 0.716. The molecule has 0 aliphatic carbocycles. The van der Waals surface area contributed by atoms with Crippen LogP contribution in [0.3, 0.4) is 0 Å². The predicted octanol–water partition coefficient (Wildman–Crippen LogP) is 7.29. The molecule has 0 fully saturated rings. The SMILES string of the molecule is C[Si](C)OC(NC(=O)c1c(OS(C)(=O)=O)c(C#N)cc2ccccc12)C(CCC(C)(C)C)c1ccc(Cl)c(Cl)c1. The minimum atomic E-state index is -4.06. The first-order valence-electron chi connectivity index (χ1n) is 12.7. The number of hydrogen-bond donors (Lipinski definition) is 1. The van der Waals surface area contributed by atoms with Gasteiger partial charge in [-0.15, -0.1) is 0 Å². The second-order valence-corrected chi connectivity index (χ2v) is 15.5. The van der Waals surface area contributed by atoms with Crippen molar-refractivity contribution < 1.29 is 21.8 Å². The number of carbonyl (C=O) groups excluding carboxylic acids is 1. The van der Waals surface area contributed by atoms with Gasteiger partial charge in [0.2, 0.25) is 9.04 Å². The Hall–Kier alpha value is -2.61. The highest BCUT2D eigenvalue weighted by atomic mass is 35.5. The number of fused-ring (bicyclic) bond motifs is 1. The molecule has 0 spiro atoms. The number of hydrogen-bond acceptors (Lipinski definition) is 6. The first kappa shape index (κ1) is 31.9. The Bertz CT molecular complexity index is 1550. The standard InChI is InChI=1S/C29H33Cl2N2O5SSi/c1-29(2,3)14-13-22(19-11-12-23(30)24(31)16-19)28(38-40(5)6)33-27(34)25-21-10-8-7-9-18(21)15-20(17-32)26(25)37-39(4,35)36/h7-12,15-16,22,28H,13-14H2,1-6H3,(H,33,34). The average Bonchev–Trinajstić information content (AvgIpc) is 2.83. The van der Waals surface area contributed by atoms with Gasteiger partial charge >= 0.3 is 10.1 Å². The molecule has 7 nitrogen and oxygen atoms in total. The molecular formula is C29H33Cl2N2O5SSi. The van der Waals surface area contributed by atoms with E-state index in [0.29, 0.717) is 27.2 Å². The number of rotatable bonds is 10. The molecule has 3 rings (SSSR count). The minimum Gasteiger partial charge on any atom is -0.397 e. The van der Waals surface area contributed by atoms with Gasteiger partial charge in [-0.3, -0.25) is 4.79 Å². The normalized spacial score (nSPS) is 13.6. The van der Waals surface area contributed by atoms with Gasteiger partial charge in [-0.2, -0.15) is 13.7 Å². The Morgan fingerprint density at radius 1 is 1.10 bits per heavy atom. The first-order valence-corrected chi connectivity index (χ1v) is 17.7. The maximum Gasteiger partial charge on any atom is 0.306 e. The van der Waals surface area contributed by atoms with Gasteiger partial charge in [-0.05, 0) is 65.9 Å². The van der Waals surface area contributed by atoms with Crippen molar-refractivity contribution in [1.29, 1.82) is 5.26 Å². The second-order valence-electron chi connectivity index (χ2n) is 11.0. The molecule has 1 amide bonds. The molecule has 213 valence electrons. The van der Waals surface area contributed by atoms with Gasteiger partial charge in [0.05, 0.1) is 27.4 Å². The van der Waals surface area contributed by atoms with Crippen LogP contribution in [0.1, 0.15) is 61.0 Å². The Balaban J connectivity index is 2.18. The van der Waals surface area contributed by atoms with Crippen LogP contribution in [0.2, 0.25) is 23.1 Å². The van der Waals surface area contributed by atoms with Crippen LogP contribution < -0.4 is 9.50 Å². The van der Waals surface area contributed by atoms with Gasteiger partial charge in [-0.1, -0.05) is 74.3 Å². The Morgan fingerprint density at radius 3 is 2.35 bits per heavy atom. The summed E-state index contributed by atoms with van der Waals surface area (Å²) in [4.78, 5) is 14.1. The van der Waals surface area contributed by atoms with Crippen LogP contribution in [0.4, 0.5) is 0 Å². The summed E-state index contributed by atoms with van der Waals surface area (Å²) in [6.45, 7) is 10.3. The van der Waals surface area contributed by atoms with Crippen molar-refractivity contribution in [3.05, 3.63) is 75.3 Å². The zero-order valence-corrected chi connectivity index (χ0v) is 26.7. The monoisotopic (exact) mass is 619 g/mol. The minimum absolute atomic E-state index is 0.00304. The summed E-state index contributed by atoms with van der Waals surface area (Å²) in [7, 11) is -5.39. The van der Waals surface area contributed by atoms with Crippen molar-refractivity contribution in [1.82, 2.24) is 5.32 Å². The number of nitrogens with one attached hydrogen (secondary N) is 1. The van der Waals surface area contributed by atoms with Gasteiger partial charge in [0.1, 0.15) is 12.3 Å². The van der Waals surface area contributed by atoms with Gasteiger partial charge in [0, 0.05) is 5.92 Å². The molecule has 0 aromatic heterocycles. The third kappa shape index (κ3) is 8.45. The molecule has 0 bridgehead atoms. The van der Waals surface area contributed by atoms with Crippen molar-refractivity contribution in [3.63, 3.8) is 0 Å². The van der Waals surface area contributed by atoms with E-state index < -0.39 is 31.3 Å². The molecule has 1 radical (unpaired) electrons. The fourth-order valence-electron chi connectivity index (χ4n) is 4.37. The number of amides is 1. The third-order valence-electron chi connectivity index (χ3n) is 6.16. The molecule has 2 atom stereocenters. The smallest absolute Gasteiger partial charge is 0.306 e. The molecule has 3 aromatic carbocycles. The predicted molar refractivity (Wildman–Crippen MR) is 162 cm³/mol. The molecule has 3 aromatic rings. The van der Waals surface area contributed by atoms with E-state index in [-0.39, 0.29) is 28.2 Å². The van der Waals surface area contributed by atoms with Crippen molar-refractivity contribution in [2.24, 2.45) is 5.41 Å². The van der Waals surface area contributed by atoms with Crippen LogP contribution in [0.5, 0.6) is 5.75 Å².